The van der Waals surface area contributed by atoms with Gasteiger partial charge in [-0.1, -0.05) is 40.5 Å². The van der Waals surface area contributed by atoms with Crippen molar-refractivity contribution in [2.75, 3.05) is 13.7 Å². The summed E-state index contributed by atoms with van der Waals surface area (Å²) in [4.78, 5) is 11.5. The van der Waals surface area contributed by atoms with Gasteiger partial charge in [-0.25, -0.2) is 0 Å². The summed E-state index contributed by atoms with van der Waals surface area (Å²) in [7, 11) is 1.45. The van der Waals surface area contributed by atoms with Crippen molar-refractivity contribution < 1.29 is 9.53 Å². The van der Waals surface area contributed by atoms with E-state index >= 15 is 0 Å². The minimum atomic E-state index is -0.135. The molecule has 0 spiro atoms. The molecular formula is C13H27NO2. The lowest BCUT2D eigenvalue weighted by Crippen LogP contribution is -2.40. The Hall–Kier alpha value is -0.570. The van der Waals surface area contributed by atoms with E-state index < -0.39 is 0 Å². The van der Waals surface area contributed by atoms with E-state index in [1.165, 1.54) is 7.11 Å². The molecule has 0 heterocycles. The van der Waals surface area contributed by atoms with Crippen molar-refractivity contribution >= 4 is 5.97 Å². The van der Waals surface area contributed by atoms with Crippen LogP contribution in [0.1, 0.15) is 47.0 Å². The second-order valence-electron chi connectivity index (χ2n) is 4.85. The molecule has 3 nitrogen and oxygen atoms in total. The van der Waals surface area contributed by atoms with Gasteiger partial charge in [0.05, 0.1) is 7.11 Å². The maximum atomic E-state index is 11.5. The molecule has 0 aromatic carbocycles. The molecule has 16 heavy (non-hydrogen) atoms. The summed E-state index contributed by atoms with van der Waals surface area (Å²) in [6.45, 7) is 9.61. The lowest BCUT2D eigenvalue weighted by molar-refractivity contribution is -0.143. The molecule has 0 aliphatic heterocycles. The average molecular weight is 229 g/mol. The van der Waals surface area contributed by atoms with E-state index in [0.29, 0.717) is 11.8 Å². The Morgan fingerprint density at radius 1 is 1.31 bits per heavy atom. The van der Waals surface area contributed by atoms with Gasteiger partial charge in [0, 0.05) is 0 Å². The van der Waals surface area contributed by atoms with Gasteiger partial charge in [0.15, 0.2) is 0 Å². The molecular weight excluding hydrogens is 202 g/mol. The predicted molar refractivity (Wildman–Crippen MR) is 67.3 cm³/mol. The maximum Gasteiger partial charge on any atom is 0.322 e. The first-order chi connectivity index (χ1) is 7.52. The van der Waals surface area contributed by atoms with Crippen molar-refractivity contribution in [2.24, 2.45) is 11.8 Å². The smallest absolute Gasteiger partial charge is 0.322 e. The maximum absolute atomic E-state index is 11.5. The number of ether oxygens (including phenoxy) is 1. The minimum absolute atomic E-state index is 0.133. The van der Waals surface area contributed by atoms with Gasteiger partial charge in [0.1, 0.15) is 6.04 Å². The van der Waals surface area contributed by atoms with Crippen LogP contribution in [0.3, 0.4) is 0 Å². The van der Waals surface area contributed by atoms with E-state index in [1.54, 1.807) is 0 Å². The third-order valence-corrected chi connectivity index (χ3v) is 3.16. The normalized spacial score (nSPS) is 14.9. The number of hydrogen-bond donors (Lipinski definition) is 1. The summed E-state index contributed by atoms with van der Waals surface area (Å²) in [5.74, 6) is 1.08. The van der Waals surface area contributed by atoms with Crippen LogP contribution in [0.2, 0.25) is 0 Å². The van der Waals surface area contributed by atoms with Crippen molar-refractivity contribution in [1.29, 1.82) is 0 Å². The zero-order valence-corrected chi connectivity index (χ0v) is 11.4. The summed E-state index contributed by atoms with van der Waals surface area (Å²) < 4.78 is 4.80. The van der Waals surface area contributed by atoms with Crippen LogP contribution in [0.4, 0.5) is 0 Å². The Morgan fingerprint density at radius 2 is 1.94 bits per heavy atom. The number of nitrogens with one attached hydrogen (secondary N) is 1. The van der Waals surface area contributed by atoms with E-state index in [-0.39, 0.29) is 12.0 Å². The Balaban J connectivity index is 4.05. The lowest BCUT2D eigenvalue weighted by Gasteiger charge is -2.21. The molecule has 0 fully saturated rings. The highest BCUT2D eigenvalue weighted by Crippen LogP contribution is 2.09. The van der Waals surface area contributed by atoms with E-state index in [4.69, 9.17) is 4.74 Å². The molecule has 2 unspecified atom stereocenters. The predicted octanol–water partition coefficient (Wildman–Crippen LogP) is 2.60. The number of methoxy groups -OCH3 is 1. The van der Waals surface area contributed by atoms with Crippen molar-refractivity contribution in [1.82, 2.24) is 5.32 Å². The van der Waals surface area contributed by atoms with Crippen LogP contribution >= 0.6 is 0 Å². The molecule has 2 atom stereocenters. The van der Waals surface area contributed by atoms with Crippen LogP contribution < -0.4 is 5.32 Å². The van der Waals surface area contributed by atoms with E-state index in [2.05, 4.69) is 33.0 Å². The topological polar surface area (TPSA) is 38.3 Å². The average Bonchev–Trinajstić information content (AvgIpc) is 2.27. The third kappa shape index (κ3) is 6.11. The molecule has 0 aromatic heterocycles. The monoisotopic (exact) mass is 229 g/mol. The van der Waals surface area contributed by atoms with Crippen LogP contribution in [0, 0.1) is 11.8 Å². The molecule has 96 valence electrons. The van der Waals surface area contributed by atoms with Crippen molar-refractivity contribution in [3.63, 3.8) is 0 Å². The fourth-order valence-corrected chi connectivity index (χ4v) is 1.42. The lowest BCUT2D eigenvalue weighted by atomic mass is 9.97. The Kier molecular flexibility index (Phi) is 8.26. The van der Waals surface area contributed by atoms with E-state index in [9.17, 15) is 4.79 Å². The molecule has 0 rings (SSSR count). The largest absolute Gasteiger partial charge is 0.468 e. The standard InChI is InChI=1S/C13H27NO2/c1-6-7-8-12(13(15)16-5)14-9-11(4)10(2)3/h10-12,14H,6-9H2,1-5H3. The van der Waals surface area contributed by atoms with Gasteiger partial charge in [0.25, 0.3) is 0 Å². The number of carbonyl (C=O) groups is 1. The molecule has 0 amide bonds. The number of esters is 1. The van der Waals surface area contributed by atoms with E-state index in [1.807, 2.05) is 0 Å². The van der Waals surface area contributed by atoms with Gasteiger partial charge in [-0.15, -0.1) is 0 Å². The summed E-state index contributed by atoms with van der Waals surface area (Å²) in [5.41, 5.74) is 0. The van der Waals surface area contributed by atoms with Crippen molar-refractivity contribution in [3.05, 3.63) is 0 Å². The molecule has 1 N–H and O–H groups in total. The minimum Gasteiger partial charge on any atom is -0.468 e. The first kappa shape index (κ1) is 15.4. The second-order valence-corrected chi connectivity index (χ2v) is 4.85. The van der Waals surface area contributed by atoms with Gasteiger partial charge >= 0.3 is 5.97 Å². The quantitative estimate of drug-likeness (QED) is 0.650. The van der Waals surface area contributed by atoms with Gasteiger partial charge in [-0.3, -0.25) is 4.79 Å². The second kappa shape index (κ2) is 8.57. The van der Waals surface area contributed by atoms with Crippen LogP contribution in [0.15, 0.2) is 0 Å². The van der Waals surface area contributed by atoms with Gasteiger partial charge in [0.2, 0.25) is 0 Å². The van der Waals surface area contributed by atoms with Gasteiger partial charge < -0.3 is 10.1 Å². The highest BCUT2D eigenvalue weighted by molar-refractivity contribution is 5.75. The molecule has 0 saturated carbocycles. The Labute approximate surface area is 99.9 Å². The van der Waals surface area contributed by atoms with Crippen LogP contribution in [0.5, 0.6) is 0 Å². The Bertz CT molecular complexity index is 192. The fourth-order valence-electron chi connectivity index (χ4n) is 1.42. The molecule has 0 aliphatic carbocycles. The summed E-state index contributed by atoms with van der Waals surface area (Å²) >= 11 is 0. The van der Waals surface area contributed by atoms with Gasteiger partial charge in [-0.05, 0) is 24.8 Å². The first-order valence-electron chi connectivity index (χ1n) is 6.34. The zero-order chi connectivity index (χ0) is 12.6. The third-order valence-electron chi connectivity index (χ3n) is 3.16. The van der Waals surface area contributed by atoms with Crippen LogP contribution in [-0.4, -0.2) is 25.7 Å². The molecule has 3 heteroatoms. The molecule has 0 aliphatic rings. The fraction of sp³-hybridized carbons (Fsp3) is 0.923. The van der Waals surface area contributed by atoms with Crippen molar-refractivity contribution in [3.8, 4) is 0 Å². The van der Waals surface area contributed by atoms with Crippen molar-refractivity contribution in [2.45, 2.75) is 53.0 Å². The van der Waals surface area contributed by atoms with E-state index in [0.717, 1.165) is 25.8 Å². The first-order valence-corrected chi connectivity index (χ1v) is 6.34. The number of rotatable bonds is 8. The Morgan fingerprint density at radius 3 is 2.38 bits per heavy atom. The summed E-state index contributed by atoms with van der Waals surface area (Å²) in [5, 5.41) is 3.31. The van der Waals surface area contributed by atoms with Gasteiger partial charge in [-0.2, -0.15) is 0 Å². The van der Waals surface area contributed by atoms with Crippen LogP contribution in [-0.2, 0) is 9.53 Å². The highest BCUT2D eigenvalue weighted by Gasteiger charge is 2.19. The molecule has 0 aromatic rings. The zero-order valence-electron chi connectivity index (χ0n) is 11.4. The number of carbonyl (C=O) groups excluding carboxylic acids is 1. The number of unbranched alkanes of at least 4 members (excludes halogenated alkanes) is 1. The molecule has 0 radical (unpaired) electrons. The summed E-state index contributed by atoms with van der Waals surface area (Å²) in [6, 6.07) is -0.133. The SMILES string of the molecule is CCCCC(NCC(C)C(C)C)C(=O)OC. The highest BCUT2D eigenvalue weighted by atomic mass is 16.5. The summed E-state index contributed by atoms with van der Waals surface area (Å²) in [6.07, 6.45) is 3.03. The molecule has 0 saturated heterocycles. The molecule has 0 bridgehead atoms. The number of hydrogen-bond acceptors (Lipinski definition) is 3. The van der Waals surface area contributed by atoms with Crippen LogP contribution in [0.25, 0.3) is 0 Å².